The molecule has 3 heterocycles. The van der Waals surface area contributed by atoms with E-state index in [1.165, 1.54) is 43.9 Å². The number of fused-ring (bicyclic) bond motifs is 1. The Bertz CT molecular complexity index is 1310. The summed E-state index contributed by atoms with van der Waals surface area (Å²) in [5, 5.41) is 0.646. The maximum atomic E-state index is 13.0. The molecule has 4 rings (SSSR count). The number of nitrogens with zero attached hydrogens (tertiary/aromatic N) is 2. The summed E-state index contributed by atoms with van der Waals surface area (Å²) in [5.74, 6) is -0.0919. The van der Waals surface area contributed by atoms with Crippen LogP contribution in [0.15, 0.2) is 65.8 Å². The van der Waals surface area contributed by atoms with Crippen LogP contribution in [0.5, 0.6) is 5.75 Å². The lowest BCUT2D eigenvalue weighted by Gasteiger charge is -2.07. The van der Waals surface area contributed by atoms with Crippen molar-refractivity contribution >= 4 is 38.4 Å². The fraction of sp³-hybridized carbons (Fsp3) is 0.100. The molecule has 148 valence electrons. The zero-order valence-corrected chi connectivity index (χ0v) is 17.2. The van der Waals surface area contributed by atoms with Crippen LogP contribution in [-0.2, 0) is 14.8 Å². The van der Waals surface area contributed by atoms with Crippen LogP contribution < -0.4 is 4.74 Å². The van der Waals surface area contributed by atoms with Crippen molar-refractivity contribution in [3.8, 4) is 16.2 Å². The molecule has 0 atom stereocenters. The molecule has 0 bridgehead atoms. The van der Waals surface area contributed by atoms with Gasteiger partial charge in [0.15, 0.2) is 10.5 Å². The van der Waals surface area contributed by atoms with Gasteiger partial charge in [0.05, 0.1) is 19.1 Å². The van der Waals surface area contributed by atoms with Gasteiger partial charge in [0.2, 0.25) is 0 Å². The van der Waals surface area contributed by atoms with Crippen molar-refractivity contribution < 1.29 is 22.7 Å². The Morgan fingerprint density at radius 1 is 1.10 bits per heavy atom. The van der Waals surface area contributed by atoms with Gasteiger partial charge in [-0.25, -0.2) is 22.2 Å². The number of carbonyl (C=O) groups excluding carboxylic acids is 1. The zero-order valence-electron chi connectivity index (χ0n) is 15.5. The van der Waals surface area contributed by atoms with Gasteiger partial charge in [-0.2, -0.15) is 0 Å². The molecule has 0 saturated carbocycles. The van der Waals surface area contributed by atoms with Crippen molar-refractivity contribution in [3.05, 3.63) is 65.8 Å². The normalized spacial score (nSPS) is 11.5. The maximum absolute atomic E-state index is 13.0. The molecule has 0 unspecified atom stereocenters. The second-order valence-electron chi connectivity index (χ2n) is 6.03. The Balaban J connectivity index is 1.88. The van der Waals surface area contributed by atoms with E-state index in [4.69, 9.17) is 9.47 Å². The first kappa shape index (κ1) is 19.2. The lowest BCUT2D eigenvalue weighted by molar-refractivity contribution is 0.0603. The Hall–Kier alpha value is -3.17. The molecule has 0 aliphatic rings. The molecule has 0 aliphatic carbocycles. The van der Waals surface area contributed by atoms with Crippen LogP contribution in [0.25, 0.3) is 21.5 Å². The molecule has 0 radical (unpaired) electrons. The van der Waals surface area contributed by atoms with Gasteiger partial charge in [-0.1, -0.05) is 18.2 Å². The van der Waals surface area contributed by atoms with E-state index in [-0.39, 0.29) is 4.90 Å². The summed E-state index contributed by atoms with van der Waals surface area (Å²) in [6.45, 7) is 0. The van der Waals surface area contributed by atoms with Crippen LogP contribution in [0.1, 0.15) is 9.67 Å². The van der Waals surface area contributed by atoms with Crippen molar-refractivity contribution in [1.29, 1.82) is 0 Å². The molecular weight excluding hydrogens is 412 g/mol. The smallest absolute Gasteiger partial charge is 0.351 e. The van der Waals surface area contributed by atoms with Crippen LogP contribution in [0, 0.1) is 0 Å². The van der Waals surface area contributed by atoms with Crippen LogP contribution in [0.2, 0.25) is 0 Å². The number of ether oxygens (including phenoxy) is 2. The number of thiophene rings is 1. The van der Waals surface area contributed by atoms with Gasteiger partial charge in [-0.05, 0) is 30.3 Å². The quantitative estimate of drug-likeness (QED) is 0.450. The monoisotopic (exact) mass is 428 g/mol. The van der Waals surface area contributed by atoms with Gasteiger partial charge >= 0.3 is 5.97 Å². The first-order valence-electron chi connectivity index (χ1n) is 8.50. The summed E-state index contributed by atoms with van der Waals surface area (Å²) in [4.78, 5) is 17.5. The van der Waals surface area contributed by atoms with E-state index in [2.05, 4.69) is 4.98 Å². The molecule has 0 amide bonds. The number of hydrogen-bond donors (Lipinski definition) is 0. The van der Waals surface area contributed by atoms with E-state index in [1.54, 1.807) is 42.6 Å². The Morgan fingerprint density at radius 2 is 1.86 bits per heavy atom. The first-order chi connectivity index (χ1) is 14.0. The highest BCUT2D eigenvalue weighted by Crippen LogP contribution is 2.39. The lowest BCUT2D eigenvalue weighted by atomic mass is 10.1. The molecule has 3 aromatic heterocycles. The van der Waals surface area contributed by atoms with Crippen molar-refractivity contribution in [2.45, 2.75) is 4.90 Å². The summed E-state index contributed by atoms with van der Waals surface area (Å²) in [7, 11) is -1.01. The number of rotatable bonds is 5. The Labute approximate surface area is 171 Å². The van der Waals surface area contributed by atoms with Gasteiger partial charge in [-0.3, -0.25) is 0 Å². The highest BCUT2D eigenvalue weighted by atomic mass is 32.2. The largest absolute Gasteiger partial charge is 0.495 e. The number of pyridine rings is 1. The molecule has 0 saturated heterocycles. The number of esters is 1. The minimum atomic E-state index is -3.79. The topological polar surface area (TPSA) is 87.5 Å². The van der Waals surface area contributed by atoms with E-state index in [1.807, 2.05) is 0 Å². The van der Waals surface area contributed by atoms with E-state index >= 15 is 0 Å². The van der Waals surface area contributed by atoms with E-state index < -0.39 is 16.0 Å². The third-order valence-electron chi connectivity index (χ3n) is 4.41. The fourth-order valence-electron chi connectivity index (χ4n) is 3.02. The van der Waals surface area contributed by atoms with Crippen LogP contribution in [0.3, 0.4) is 0 Å². The summed E-state index contributed by atoms with van der Waals surface area (Å²) in [6, 6.07) is 13.4. The maximum Gasteiger partial charge on any atom is 0.351 e. The summed E-state index contributed by atoms with van der Waals surface area (Å²) >= 11 is 1.21. The fourth-order valence-corrected chi connectivity index (χ4v) is 5.43. The second-order valence-corrected chi connectivity index (χ2v) is 8.89. The lowest BCUT2D eigenvalue weighted by Crippen LogP contribution is -2.12. The van der Waals surface area contributed by atoms with E-state index in [0.717, 1.165) is 14.4 Å². The Kier molecular flexibility index (Phi) is 4.85. The summed E-state index contributed by atoms with van der Waals surface area (Å²) in [6.07, 6.45) is 3.02. The van der Waals surface area contributed by atoms with Crippen molar-refractivity contribution in [3.63, 3.8) is 0 Å². The molecule has 0 fully saturated rings. The number of carbonyl (C=O) groups is 1. The van der Waals surface area contributed by atoms with Crippen molar-refractivity contribution in [2.24, 2.45) is 0 Å². The third-order valence-corrected chi connectivity index (χ3v) is 7.22. The minimum Gasteiger partial charge on any atom is -0.495 e. The highest BCUT2D eigenvalue weighted by molar-refractivity contribution is 7.90. The molecule has 0 aliphatic heterocycles. The molecule has 7 nitrogen and oxygen atoms in total. The summed E-state index contributed by atoms with van der Waals surface area (Å²) < 4.78 is 37.3. The van der Waals surface area contributed by atoms with Crippen LogP contribution in [-0.4, -0.2) is 37.6 Å². The predicted octanol–water partition coefficient (Wildman–Crippen LogP) is 3.80. The first-order valence-corrected chi connectivity index (χ1v) is 10.8. The number of hydrogen-bond acceptors (Lipinski definition) is 7. The molecular formula is C20H16N2O5S2. The van der Waals surface area contributed by atoms with Gasteiger partial charge in [-0.15, -0.1) is 11.3 Å². The third kappa shape index (κ3) is 3.18. The number of methoxy groups -OCH3 is 2. The highest BCUT2D eigenvalue weighted by Gasteiger charge is 2.23. The van der Waals surface area contributed by atoms with Gasteiger partial charge in [0, 0.05) is 28.2 Å². The van der Waals surface area contributed by atoms with Crippen LogP contribution >= 0.6 is 11.3 Å². The standard InChI is InChI=1S/C20H16N2O5S2/c1-26-16-12-17(28-18(16)20(23)27-2)14-8-10-21-19-15(14)9-11-22(19)29(24,25)13-6-4-3-5-7-13/h3-12H,1-2H3. The predicted molar refractivity (Wildman–Crippen MR) is 110 cm³/mol. The Morgan fingerprint density at radius 3 is 2.55 bits per heavy atom. The van der Waals surface area contributed by atoms with Gasteiger partial charge in [0.1, 0.15) is 5.75 Å². The second kappa shape index (κ2) is 7.34. The minimum absolute atomic E-state index is 0.176. The van der Waals surface area contributed by atoms with Crippen molar-refractivity contribution in [1.82, 2.24) is 8.96 Å². The molecule has 1 aromatic carbocycles. The molecule has 0 N–H and O–H groups in total. The zero-order chi connectivity index (χ0) is 20.6. The molecule has 9 heteroatoms. The number of benzene rings is 1. The van der Waals surface area contributed by atoms with Crippen LogP contribution in [0.4, 0.5) is 0 Å². The van der Waals surface area contributed by atoms with Gasteiger partial charge < -0.3 is 9.47 Å². The SMILES string of the molecule is COC(=O)c1sc(-c2ccnc3c2ccn3S(=O)(=O)c2ccccc2)cc1OC. The number of aromatic nitrogens is 2. The average molecular weight is 428 g/mol. The summed E-state index contributed by atoms with van der Waals surface area (Å²) in [5.41, 5.74) is 1.05. The van der Waals surface area contributed by atoms with E-state index in [0.29, 0.717) is 21.7 Å². The molecule has 29 heavy (non-hydrogen) atoms. The molecule has 4 aromatic rings. The molecule has 0 spiro atoms. The van der Waals surface area contributed by atoms with Crippen molar-refractivity contribution in [2.75, 3.05) is 14.2 Å². The van der Waals surface area contributed by atoms with E-state index in [9.17, 15) is 13.2 Å². The van der Waals surface area contributed by atoms with Gasteiger partial charge in [0.25, 0.3) is 10.0 Å². The average Bonchev–Trinajstić information content (AvgIpc) is 3.38.